The number of nitrogens with one attached hydrogen (secondary N) is 2. The Morgan fingerprint density at radius 1 is 1.14 bits per heavy atom. The van der Waals surface area contributed by atoms with Crippen LogP contribution in [0.1, 0.15) is 16.8 Å². The highest BCUT2D eigenvalue weighted by Crippen LogP contribution is 2.22. The molecule has 1 aliphatic heterocycles. The molecule has 1 aliphatic rings. The predicted molar refractivity (Wildman–Crippen MR) is 82.3 cm³/mol. The number of benzene rings is 2. The largest absolute Gasteiger partial charge is 0.508 e. The first-order valence-electron chi connectivity index (χ1n) is 7.13. The molecule has 2 aromatic rings. The van der Waals surface area contributed by atoms with Gasteiger partial charge in [0.1, 0.15) is 5.75 Å². The molecule has 1 atom stereocenters. The summed E-state index contributed by atoms with van der Waals surface area (Å²) in [6, 6.07) is 14.7. The molecule has 4 nitrogen and oxygen atoms in total. The van der Waals surface area contributed by atoms with E-state index in [4.69, 9.17) is 0 Å². The minimum absolute atomic E-state index is 0.0377. The van der Waals surface area contributed by atoms with Gasteiger partial charge in [-0.05, 0) is 48.4 Å². The molecule has 2 aromatic carbocycles. The van der Waals surface area contributed by atoms with Crippen molar-refractivity contribution in [1.82, 2.24) is 10.6 Å². The number of hydrogen-bond donors (Lipinski definition) is 3. The van der Waals surface area contributed by atoms with Crippen LogP contribution in [0.4, 0.5) is 0 Å². The Balaban J connectivity index is 1.79. The molecule has 0 radical (unpaired) electrons. The van der Waals surface area contributed by atoms with E-state index >= 15 is 0 Å². The van der Waals surface area contributed by atoms with E-state index in [1.807, 2.05) is 36.4 Å². The Kier molecular flexibility index (Phi) is 3.88. The number of aromatic hydroxyl groups is 1. The number of phenolic OH excluding ortho intramolecular Hbond substituents is 1. The first-order chi connectivity index (χ1) is 10.2. The quantitative estimate of drug-likeness (QED) is 0.808. The summed E-state index contributed by atoms with van der Waals surface area (Å²) < 4.78 is 0. The van der Waals surface area contributed by atoms with Gasteiger partial charge in [-0.2, -0.15) is 0 Å². The second-order valence-electron chi connectivity index (χ2n) is 5.29. The van der Waals surface area contributed by atoms with Crippen molar-refractivity contribution in [1.29, 1.82) is 0 Å². The lowest BCUT2D eigenvalue weighted by molar-refractivity contribution is 0.0940. The molecule has 108 valence electrons. The molecule has 0 spiro atoms. The summed E-state index contributed by atoms with van der Waals surface area (Å²) in [6.07, 6.45) is 0.976. The van der Waals surface area contributed by atoms with Gasteiger partial charge < -0.3 is 15.7 Å². The van der Waals surface area contributed by atoms with Gasteiger partial charge in [0.05, 0.1) is 0 Å². The lowest BCUT2D eigenvalue weighted by Gasteiger charge is -2.12. The molecular formula is C17H18N2O2. The van der Waals surface area contributed by atoms with Gasteiger partial charge in [-0.1, -0.05) is 24.3 Å². The molecular weight excluding hydrogens is 264 g/mol. The first kappa shape index (κ1) is 13.6. The monoisotopic (exact) mass is 282 g/mol. The highest BCUT2D eigenvalue weighted by Gasteiger charge is 2.17. The number of hydrogen-bond acceptors (Lipinski definition) is 3. The van der Waals surface area contributed by atoms with Crippen LogP contribution in [-0.2, 0) is 0 Å². The Morgan fingerprint density at radius 2 is 1.95 bits per heavy atom. The van der Waals surface area contributed by atoms with Gasteiger partial charge >= 0.3 is 0 Å². The zero-order valence-corrected chi connectivity index (χ0v) is 11.7. The number of carbonyl (C=O) groups is 1. The average Bonchev–Trinajstić information content (AvgIpc) is 3.01. The van der Waals surface area contributed by atoms with Crippen molar-refractivity contribution in [3.8, 4) is 16.9 Å². The summed E-state index contributed by atoms with van der Waals surface area (Å²) in [5.74, 6) is 0.200. The highest BCUT2D eigenvalue weighted by molar-refractivity contribution is 5.95. The van der Waals surface area contributed by atoms with E-state index in [1.165, 1.54) is 0 Å². The third-order valence-corrected chi connectivity index (χ3v) is 3.72. The van der Waals surface area contributed by atoms with Crippen LogP contribution in [0.5, 0.6) is 5.75 Å². The zero-order chi connectivity index (χ0) is 14.7. The number of rotatable bonds is 3. The number of carbonyl (C=O) groups excluding carboxylic acids is 1. The van der Waals surface area contributed by atoms with Crippen molar-refractivity contribution in [2.75, 3.05) is 13.1 Å². The van der Waals surface area contributed by atoms with Crippen LogP contribution in [0, 0.1) is 0 Å². The molecule has 1 heterocycles. The maximum atomic E-state index is 12.3. The molecule has 4 heteroatoms. The van der Waals surface area contributed by atoms with E-state index in [0.717, 1.165) is 30.6 Å². The van der Waals surface area contributed by atoms with E-state index in [2.05, 4.69) is 10.6 Å². The third kappa shape index (κ3) is 3.23. The third-order valence-electron chi connectivity index (χ3n) is 3.72. The van der Waals surface area contributed by atoms with Crippen LogP contribution in [0.2, 0.25) is 0 Å². The average molecular weight is 282 g/mol. The molecule has 1 saturated heterocycles. The molecule has 1 fully saturated rings. The molecule has 0 bridgehead atoms. The number of phenols is 1. The van der Waals surface area contributed by atoms with E-state index in [9.17, 15) is 9.90 Å². The highest BCUT2D eigenvalue weighted by atomic mass is 16.3. The second kappa shape index (κ2) is 5.97. The van der Waals surface area contributed by atoms with Crippen LogP contribution in [0.15, 0.2) is 48.5 Å². The summed E-state index contributed by atoms with van der Waals surface area (Å²) in [7, 11) is 0. The minimum Gasteiger partial charge on any atom is -0.508 e. The molecule has 21 heavy (non-hydrogen) atoms. The normalized spacial score (nSPS) is 17.6. The summed E-state index contributed by atoms with van der Waals surface area (Å²) in [6.45, 7) is 1.79. The van der Waals surface area contributed by atoms with E-state index < -0.39 is 0 Å². The van der Waals surface area contributed by atoms with Crippen LogP contribution >= 0.6 is 0 Å². The molecule has 3 N–H and O–H groups in total. The van der Waals surface area contributed by atoms with Crippen molar-refractivity contribution in [2.24, 2.45) is 0 Å². The molecule has 3 rings (SSSR count). The Hall–Kier alpha value is -2.33. The van der Waals surface area contributed by atoms with Crippen LogP contribution in [0.3, 0.4) is 0 Å². The fraction of sp³-hybridized carbons (Fsp3) is 0.235. The summed E-state index contributed by atoms with van der Waals surface area (Å²) in [4.78, 5) is 12.3. The van der Waals surface area contributed by atoms with Crippen molar-refractivity contribution in [2.45, 2.75) is 12.5 Å². The molecule has 0 aliphatic carbocycles. The van der Waals surface area contributed by atoms with Crippen molar-refractivity contribution < 1.29 is 9.90 Å². The van der Waals surface area contributed by atoms with Crippen molar-refractivity contribution in [3.05, 3.63) is 54.1 Å². The Labute approximate surface area is 123 Å². The zero-order valence-electron chi connectivity index (χ0n) is 11.7. The lowest BCUT2D eigenvalue weighted by atomic mass is 10.0. The second-order valence-corrected chi connectivity index (χ2v) is 5.29. The van der Waals surface area contributed by atoms with Crippen molar-refractivity contribution in [3.63, 3.8) is 0 Å². The maximum absolute atomic E-state index is 12.3. The summed E-state index contributed by atoms with van der Waals surface area (Å²) in [5.41, 5.74) is 2.60. The smallest absolute Gasteiger partial charge is 0.251 e. The Bertz CT molecular complexity index is 631. The first-order valence-corrected chi connectivity index (χ1v) is 7.13. The SMILES string of the molecule is O=C(N[C@@H]1CCNC1)c1cccc(-c2ccc(O)cc2)c1. The van der Waals surface area contributed by atoms with Crippen LogP contribution in [-0.4, -0.2) is 30.1 Å². The van der Waals surface area contributed by atoms with Gasteiger partial charge in [-0.25, -0.2) is 0 Å². The van der Waals surface area contributed by atoms with Gasteiger partial charge in [0.2, 0.25) is 0 Å². The molecule has 0 unspecified atom stereocenters. The van der Waals surface area contributed by atoms with Gasteiger partial charge in [-0.3, -0.25) is 4.79 Å². The van der Waals surface area contributed by atoms with E-state index in [1.54, 1.807) is 12.1 Å². The van der Waals surface area contributed by atoms with Gasteiger partial charge in [0.25, 0.3) is 5.91 Å². The van der Waals surface area contributed by atoms with E-state index in [-0.39, 0.29) is 17.7 Å². The van der Waals surface area contributed by atoms with Gasteiger partial charge in [-0.15, -0.1) is 0 Å². The van der Waals surface area contributed by atoms with E-state index in [0.29, 0.717) is 5.56 Å². The maximum Gasteiger partial charge on any atom is 0.251 e. The van der Waals surface area contributed by atoms with Gasteiger partial charge in [0, 0.05) is 18.2 Å². The molecule has 0 aromatic heterocycles. The lowest BCUT2D eigenvalue weighted by Crippen LogP contribution is -2.36. The van der Waals surface area contributed by atoms with Crippen molar-refractivity contribution >= 4 is 5.91 Å². The predicted octanol–water partition coefficient (Wildman–Crippen LogP) is 2.15. The molecule has 1 amide bonds. The number of amides is 1. The topological polar surface area (TPSA) is 61.4 Å². The van der Waals surface area contributed by atoms with Crippen LogP contribution < -0.4 is 10.6 Å². The standard InChI is InChI=1S/C17H18N2O2/c20-16-6-4-12(5-7-16)13-2-1-3-14(10-13)17(21)19-15-8-9-18-11-15/h1-7,10,15,18,20H,8-9,11H2,(H,19,21)/t15-/m1/s1. The van der Waals surface area contributed by atoms with Crippen LogP contribution in [0.25, 0.3) is 11.1 Å². The Morgan fingerprint density at radius 3 is 2.67 bits per heavy atom. The molecule has 0 saturated carbocycles. The fourth-order valence-electron chi connectivity index (χ4n) is 2.54. The fourth-order valence-corrected chi connectivity index (χ4v) is 2.54. The summed E-state index contributed by atoms with van der Waals surface area (Å²) >= 11 is 0. The minimum atomic E-state index is -0.0377. The van der Waals surface area contributed by atoms with Gasteiger partial charge in [0.15, 0.2) is 0 Å². The summed E-state index contributed by atoms with van der Waals surface area (Å²) in [5, 5.41) is 15.6.